The van der Waals surface area contributed by atoms with Gasteiger partial charge in [-0.3, -0.25) is 9.36 Å². The molecular formula is C26H20ClF2IN4O3. The number of hydrogen-bond donors (Lipinski definition) is 2. The molecular weight excluding hydrogens is 617 g/mol. The van der Waals surface area contributed by atoms with Crippen molar-refractivity contribution in [3.8, 4) is 17.6 Å². The van der Waals surface area contributed by atoms with E-state index in [2.05, 4.69) is 15.1 Å². The van der Waals surface area contributed by atoms with Crippen molar-refractivity contribution in [1.29, 1.82) is 5.26 Å². The van der Waals surface area contributed by atoms with E-state index in [4.69, 9.17) is 16.3 Å². The van der Waals surface area contributed by atoms with Gasteiger partial charge < -0.3 is 9.84 Å². The standard InChI is InChI=1S/C26H20ClF2IN4O3/c1-15(2)26(28,29)23-22(37-20-9-16(12-31)8-18(27)10-20)25(36)34(14-32-23)13-19-11-21(24(35)33-30-19)17-6-4-3-5-7-17/h3-11,14,24,33,35H,1,13H2,2H3. The molecule has 190 valence electrons. The third kappa shape index (κ3) is 5.86. The number of benzene rings is 2. The molecule has 11 heteroatoms. The lowest BCUT2D eigenvalue weighted by atomic mass is 10.0. The lowest BCUT2D eigenvalue weighted by Crippen LogP contribution is -2.31. The summed E-state index contributed by atoms with van der Waals surface area (Å²) in [4.78, 5) is 17.3. The van der Waals surface area contributed by atoms with Crippen LogP contribution in [0, 0.1) is 11.3 Å². The summed E-state index contributed by atoms with van der Waals surface area (Å²) in [7, 11) is 0. The number of allylic oxidation sites excluding steroid dienone is 2. The molecule has 0 saturated carbocycles. The minimum absolute atomic E-state index is 0.0451. The molecule has 0 fully saturated rings. The van der Waals surface area contributed by atoms with E-state index in [0.29, 0.717) is 5.57 Å². The largest absolute Gasteiger partial charge is 0.449 e. The number of nitrogens with one attached hydrogen (secondary N) is 1. The molecule has 37 heavy (non-hydrogen) atoms. The van der Waals surface area contributed by atoms with E-state index in [9.17, 15) is 15.2 Å². The van der Waals surface area contributed by atoms with Gasteiger partial charge in [0.25, 0.3) is 5.56 Å². The molecule has 1 aliphatic heterocycles. The van der Waals surface area contributed by atoms with Crippen LogP contribution in [0.15, 0.2) is 77.9 Å². The van der Waals surface area contributed by atoms with Crippen molar-refractivity contribution in [3.63, 3.8) is 0 Å². The number of aliphatic hydroxyl groups is 1. The van der Waals surface area contributed by atoms with Crippen LogP contribution in [-0.4, -0.2) is 24.4 Å². The van der Waals surface area contributed by atoms with E-state index in [1.165, 1.54) is 18.2 Å². The fourth-order valence-corrected chi connectivity index (χ4v) is 5.76. The molecule has 0 amide bonds. The Labute approximate surface area is 226 Å². The summed E-state index contributed by atoms with van der Waals surface area (Å²) in [6.07, 6.45) is 1.99. The first-order chi connectivity index (χ1) is 17.6. The number of alkyl halides is 2. The Morgan fingerprint density at radius 2 is 2.08 bits per heavy atom. The van der Waals surface area contributed by atoms with E-state index in [0.717, 1.165) is 26.9 Å². The zero-order valence-corrected chi connectivity index (χ0v) is 22.3. The van der Waals surface area contributed by atoms with Gasteiger partial charge in [-0.25, -0.2) is 8.51 Å². The smallest absolute Gasteiger partial charge is 0.314 e. The Kier molecular flexibility index (Phi) is 7.99. The average Bonchev–Trinajstić information content (AvgIpc) is 2.87. The van der Waals surface area contributed by atoms with E-state index in [1.807, 2.05) is 42.5 Å². The molecule has 2 heterocycles. The van der Waals surface area contributed by atoms with Crippen molar-refractivity contribution >= 4 is 41.7 Å². The highest BCUT2D eigenvalue weighted by Crippen LogP contribution is 2.38. The second-order valence-electron chi connectivity index (χ2n) is 8.12. The number of ether oxygens (including phenoxy) is 1. The Bertz CT molecular complexity index is 1530. The highest BCUT2D eigenvalue weighted by molar-refractivity contribution is 14.2. The number of hydrogen-bond acceptors (Lipinski definition) is 6. The van der Waals surface area contributed by atoms with Crippen molar-refractivity contribution < 1.29 is 18.6 Å². The number of nitriles is 1. The van der Waals surface area contributed by atoms with Gasteiger partial charge in [0.15, 0.2) is 5.69 Å². The molecule has 0 saturated heterocycles. The molecule has 3 aromatic rings. The van der Waals surface area contributed by atoms with Gasteiger partial charge in [-0.15, -0.1) is 0 Å². The number of nitrogens with zero attached hydrogens (tertiary/aromatic N) is 3. The Morgan fingerprint density at radius 3 is 2.76 bits per heavy atom. The average molecular weight is 637 g/mol. The maximum absolute atomic E-state index is 15.0. The second kappa shape index (κ2) is 11.0. The third-order valence-corrected chi connectivity index (χ3v) is 7.83. The fraction of sp³-hybridized carbons (Fsp3) is 0.154. The summed E-state index contributed by atoms with van der Waals surface area (Å²) in [6, 6.07) is 15.1. The van der Waals surface area contributed by atoms with Gasteiger partial charge in [0.05, 0.1) is 24.5 Å². The summed E-state index contributed by atoms with van der Waals surface area (Å²) in [5.41, 5.74) is -0.687. The molecule has 0 radical (unpaired) electrons. The van der Waals surface area contributed by atoms with E-state index < -0.39 is 55.7 Å². The van der Waals surface area contributed by atoms with Gasteiger partial charge in [-0.2, -0.15) is 14.0 Å². The number of aliphatic hydroxyl groups excluding tert-OH is 1. The maximum atomic E-state index is 15.0. The van der Waals surface area contributed by atoms with Gasteiger partial charge in [0.2, 0.25) is 5.75 Å². The van der Waals surface area contributed by atoms with E-state index in [1.54, 1.807) is 0 Å². The van der Waals surface area contributed by atoms with Crippen molar-refractivity contribution in [2.24, 2.45) is 0 Å². The summed E-state index contributed by atoms with van der Waals surface area (Å²) >= 11 is 5.16. The first-order valence-electron chi connectivity index (χ1n) is 10.8. The Morgan fingerprint density at radius 1 is 1.35 bits per heavy atom. The molecule has 4 rings (SSSR count). The zero-order chi connectivity index (χ0) is 26.7. The van der Waals surface area contributed by atoms with Gasteiger partial charge in [-0.05, 0) is 63.3 Å². The lowest BCUT2D eigenvalue weighted by molar-refractivity contribution is 0.0309. The van der Waals surface area contributed by atoms with Crippen LogP contribution in [-0.2, 0) is 12.5 Å². The topological polar surface area (TPSA) is 100 Å². The summed E-state index contributed by atoms with van der Waals surface area (Å²) < 4.78 is 40.7. The monoisotopic (exact) mass is 636 g/mol. The van der Waals surface area contributed by atoms with Crippen LogP contribution in [0.1, 0.15) is 23.7 Å². The number of aromatic nitrogens is 2. The van der Waals surface area contributed by atoms with E-state index >= 15 is 8.78 Å². The van der Waals surface area contributed by atoms with Crippen molar-refractivity contribution in [2.45, 2.75) is 25.6 Å². The predicted molar refractivity (Wildman–Crippen MR) is 146 cm³/mol. The first kappa shape index (κ1) is 26.8. The lowest BCUT2D eigenvalue weighted by Gasteiger charge is -2.22. The van der Waals surface area contributed by atoms with Gasteiger partial charge >= 0.3 is 5.92 Å². The zero-order valence-electron chi connectivity index (χ0n) is 19.4. The van der Waals surface area contributed by atoms with Crippen molar-refractivity contribution in [3.05, 3.63) is 105 Å². The van der Waals surface area contributed by atoms with Gasteiger partial charge in [-0.1, -0.05) is 48.5 Å². The first-order valence-corrected chi connectivity index (χ1v) is 13.4. The summed E-state index contributed by atoms with van der Waals surface area (Å²) in [5.74, 6) is -4.41. The minimum atomic E-state index is -3.65. The predicted octanol–water partition coefficient (Wildman–Crippen LogP) is 5.29. The highest BCUT2D eigenvalue weighted by Gasteiger charge is 2.39. The summed E-state index contributed by atoms with van der Waals surface area (Å²) in [6.45, 7) is 4.49. The van der Waals surface area contributed by atoms with Crippen LogP contribution < -0.4 is 13.8 Å². The fourth-order valence-electron chi connectivity index (χ4n) is 3.47. The van der Waals surface area contributed by atoms with Crippen molar-refractivity contribution in [2.75, 3.05) is 0 Å². The molecule has 0 aliphatic carbocycles. The van der Waals surface area contributed by atoms with Crippen LogP contribution in [0.5, 0.6) is 11.5 Å². The Balaban J connectivity index is 1.77. The molecule has 1 atom stereocenters. The van der Waals surface area contributed by atoms with E-state index in [-0.39, 0.29) is 22.9 Å². The quantitative estimate of drug-likeness (QED) is 0.208. The number of halogens is 4. The van der Waals surface area contributed by atoms with Gasteiger partial charge in [0.1, 0.15) is 12.0 Å². The molecule has 1 aromatic heterocycles. The Hall–Kier alpha value is -3.24. The second-order valence-corrected chi connectivity index (χ2v) is 11.1. The van der Waals surface area contributed by atoms with Crippen LogP contribution in [0.2, 0.25) is 5.02 Å². The van der Waals surface area contributed by atoms with Crippen LogP contribution >= 0.6 is 32.6 Å². The summed E-state index contributed by atoms with van der Waals surface area (Å²) in [5, 5.41) is 19.8. The molecule has 2 aromatic carbocycles. The molecule has 1 aliphatic rings. The molecule has 0 bridgehead atoms. The molecule has 0 spiro atoms. The van der Waals surface area contributed by atoms with Gasteiger partial charge in [0, 0.05) is 14.1 Å². The maximum Gasteiger partial charge on any atom is 0.314 e. The molecule has 7 nitrogen and oxygen atoms in total. The van der Waals surface area contributed by atoms with Crippen LogP contribution in [0.25, 0.3) is 5.57 Å². The third-order valence-electron chi connectivity index (χ3n) is 5.36. The van der Waals surface area contributed by atoms with Crippen LogP contribution in [0.3, 0.4) is 0 Å². The molecule has 1 unspecified atom stereocenters. The SMILES string of the molecule is C=C(C)C(F)(F)c1ncn(CC2=INC(O)C(c3ccccc3)=C2)c(=O)c1Oc1cc(Cl)cc(C#N)c1. The minimum Gasteiger partial charge on any atom is -0.449 e. The highest BCUT2D eigenvalue weighted by atomic mass is 127. The normalized spacial score (nSPS) is 15.6. The number of rotatable bonds is 7. The molecule has 2 N–H and O–H groups in total. The van der Waals surface area contributed by atoms with Crippen LogP contribution in [0.4, 0.5) is 8.78 Å². The van der Waals surface area contributed by atoms with Crippen molar-refractivity contribution in [1.82, 2.24) is 13.1 Å².